The summed E-state index contributed by atoms with van der Waals surface area (Å²) >= 11 is 0. The molecule has 3 aromatic rings. The molecule has 4 rings (SSSR count). The molecule has 0 radical (unpaired) electrons. The summed E-state index contributed by atoms with van der Waals surface area (Å²) in [6.07, 6.45) is 1.44. The second-order valence-corrected chi connectivity index (χ2v) is 7.74. The molecule has 32 heavy (non-hydrogen) atoms. The van der Waals surface area contributed by atoms with Crippen LogP contribution in [0.15, 0.2) is 72.1 Å². The molecule has 164 valence electrons. The number of carbonyl (C=O) groups excluding carboxylic acids is 2. The maximum Gasteiger partial charge on any atom is 0.338 e. The Morgan fingerprint density at radius 3 is 2.47 bits per heavy atom. The molecule has 8 heteroatoms. The first-order chi connectivity index (χ1) is 15.3. The summed E-state index contributed by atoms with van der Waals surface area (Å²) in [5.41, 5.74) is 3.25. The number of nitrogens with one attached hydrogen (secondary N) is 2. The number of urea groups is 1. The first kappa shape index (κ1) is 21.3. The average molecular weight is 434 g/mol. The third-order valence-electron chi connectivity index (χ3n) is 5.02. The number of allylic oxidation sites excluding steroid dienone is 1. The van der Waals surface area contributed by atoms with Crippen molar-refractivity contribution in [2.45, 2.75) is 32.9 Å². The maximum absolute atomic E-state index is 13.6. The van der Waals surface area contributed by atoms with Crippen LogP contribution in [0.3, 0.4) is 0 Å². The van der Waals surface area contributed by atoms with Crippen molar-refractivity contribution in [1.29, 1.82) is 0 Å². The Bertz CT molecular complexity index is 1180. The van der Waals surface area contributed by atoms with Gasteiger partial charge in [-0.2, -0.15) is 5.10 Å². The summed E-state index contributed by atoms with van der Waals surface area (Å²) in [4.78, 5) is 25.3. The zero-order valence-electron chi connectivity index (χ0n) is 17.9. The fourth-order valence-corrected chi connectivity index (χ4v) is 3.62. The van der Waals surface area contributed by atoms with Crippen molar-refractivity contribution in [3.05, 3.63) is 83.4 Å². The van der Waals surface area contributed by atoms with Gasteiger partial charge in [-0.3, -0.25) is 0 Å². The van der Waals surface area contributed by atoms with Gasteiger partial charge in [-0.05, 0) is 57.2 Å². The van der Waals surface area contributed by atoms with Crippen LogP contribution >= 0.6 is 0 Å². The van der Waals surface area contributed by atoms with Crippen molar-refractivity contribution in [3.63, 3.8) is 0 Å². The van der Waals surface area contributed by atoms with E-state index in [1.807, 2.05) is 30.3 Å². The minimum absolute atomic E-state index is 0.286. The van der Waals surface area contributed by atoms with E-state index >= 15 is 0 Å². The number of hydrogen-bond donors (Lipinski definition) is 2. The van der Waals surface area contributed by atoms with Gasteiger partial charge in [0.25, 0.3) is 0 Å². The maximum atomic E-state index is 13.6. The summed E-state index contributed by atoms with van der Waals surface area (Å²) in [7, 11) is 0. The van der Waals surface area contributed by atoms with Gasteiger partial charge in [0.05, 0.1) is 29.1 Å². The van der Waals surface area contributed by atoms with E-state index in [0.717, 1.165) is 5.69 Å². The van der Waals surface area contributed by atoms with Crippen LogP contribution in [-0.4, -0.2) is 27.9 Å². The molecule has 0 unspecified atom stereocenters. The van der Waals surface area contributed by atoms with E-state index in [1.54, 1.807) is 43.8 Å². The third kappa shape index (κ3) is 4.25. The lowest BCUT2D eigenvalue weighted by Crippen LogP contribution is -2.45. The molecule has 0 saturated heterocycles. The average Bonchev–Trinajstić information content (AvgIpc) is 3.19. The molecule has 1 aromatic heterocycles. The second-order valence-electron chi connectivity index (χ2n) is 7.74. The fourth-order valence-electron chi connectivity index (χ4n) is 3.62. The van der Waals surface area contributed by atoms with Crippen LogP contribution in [0.1, 0.15) is 32.4 Å². The van der Waals surface area contributed by atoms with E-state index in [9.17, 15) is 14.0 Å². The first-order valence-corrected chi connectivity index (χ1v) is 10.2. The van der Waals surface area contributed by atoms with Crippen LogP contribution in [0.4, 0.5) is 9.18 Å². The molecule has 0 bridgehead atoms. The van der Waals surface area contributed by atoms with Gasteiger partial charge in [0.1, 0.15) is 5.82 Å². The number of halogens is 1. The zero-order chi connectivity index (χ0) is 22.8. The van der Waals surface area contributed by atoms with E-state index in [1.165, 1.54) is 12.1 Å². The number of amides is 2. The van der Waals surface area contributed by atoms with Crippen molar-refractivity contribution in [2.75, 3.05) is 0 Å². The van der Waals surface area contributed by atoms with Crippen molar-refractivity contribution in [3.8, 4) is 16.9 Å². The van der Waals surface area contributed by atoms with Gasteiger partial charge < -0.3 is 15.4 Å². The number of hydrogen-bond acceptors (Lipinski definition) is 4. The van der Waals surface area contributed by atoms with Crippen LogP contribution in [0.25, 0.3) is 16.9 Å². The Morgan fingerprint density at radius 2 is 1.81 bits per heavy atom. The SMILES string of the molecule is CC1=C(C(=O)OC(C)C)[C@@H](c2cn(-c3ccccc3)nc2-c2ccc(F)cc2)NC(=O)N1. The van der Waals surface area contributed by atoms with Gasteiger partial charge in [-0.15, -0.1) is 0 Å². The Kier molecular flexibility index (Phi) is 5.77. The quantitative estimate of drug-likeness (QED) is 0.588. The fraction of sp³-hybridized carbons (Fsp3) is 0.208. The molecule has 1 aliphatic heterocycles. The number of carbonyl (C=O) groups is 2. The van der Waals surface area contributed by atoms with Crippen molar-refractivity contribution < 1.29 is 18.7 Å². The van der Waals surface area contributed by atoms with Gasteiger partial charge in [0, 0.05) is 23.0 Å². The lowest BCUT2D eigenvalue weighted by Gasteiger charge is -2.28. The van der Waals surface area contributed by atoms with E-state index in [-0.39, 0.29) is 17.5 Å². The van der Waals surface area contributed by atoms with E-state index in [4.69, 9.17) is 9.84 Å². The van der Waals surface area contributed by atoms with Gasteiger partial charge >= 0.3 is 12.0 Å². The predicted octanol–water partition coefficient (Wildman–Crippen LogP) is 4.26. The third-order valence-corrected chi connectivity index (χ3v) is 5.02. The number of nitrogens with zero attached hydrogens (tertiary/aromatic N) is 2. The van der Waals surface area contributed by atoms with Gasteiger partial charge in [0.15, 0.2) is 0 Å². The largest absolute Gasteiger partial charge is 0.459 e. The van der Waals surface area contributed by atoms with E-state index in [0.29, 0.717) is 22.5 Å². The van der Waals surface area contributed by atoms with Crippen LogP contribution in [0.2, 0.25) is 0 Å². The molecule has 2 aromatic carbocycles. The topological polar surface area (TPSA) is 85.2 Å². The van der Waals surface area contributed by atoms with Crippen molar-refractivity contribution >= 4 is 12.0 Å². The summed E-state index contributed by atoms with van der Waals surface area (Å²) in [6, 6.07) is 14.1. The highest BCUT2D eigenvalue weighted by Gasteiger charge is 2.35. The molecule has 1 atom stereocenters. The molecule has 2 heterocycles. The molecule has 0 fully saturated rings. The Balaban J connectivity index is 1.89. The van der Waals surface area contributed by atoms with E-state index < -0.39 is 18.0 Å². The molecule has 7 nitrogen and oxygen atoms in total. The Hall–Kier alpha value is -3.94. The number of aromatic nitrogens is 2. The lowest BCUT2D eigenvalue weighted by atomic mass is 9.93. The second kappa shape index (κ2) is 8.66. The van der Waals surface area contributed by atoms with Gasteiger partial charge in [0.2, 0.25) is 0 Å². The molecule has 0 aliphatic carbocycles. The molecule has 2 amide bonds. The monoisotopic (exact) mass is 434 g/mol. The van der Waals surface area contributed by atoms with Crippen LogP contribution in [-0.2, 0) is 9.53 Å². The van der Waals surface area contributed by atoms with Gasteiger partial charge in [-0.25, -0.2) is 18.7 Å². The normalized spacial score (nSPS) is 16.0. The number of rotatable bonds is 5. The summed E-state index contributed by atoms with van der Waals surface area (Å²) in [5.74, 6) is -0.905. The van der Waals surface area contributed by atoms with Crippen LogP contribution < -0.4 is 10.6 Å². The number of para-hydroxylation sites is 1. The molecule has 0 saturated carbocycles. The summed E-state index contributed by atoms with van der Waals surface area (Å²) in [6.45, 7) is 5.17. The lowest BCUT2D eigenvalue weighted by molar-refractivity contribution is -0.143. The highest BCUT2D eigenvalue weighted by Crippen LogP contribution is 2.35. The Labute approximate surface area is 184 Å². The van der Waals surface area contributed by atoms with Crippen LogP contribution in [0, 0.1) is 5.82 Å². The van der Waals surface area contributed by atoms with Crippen LogP contribution in [0.5, 0.6) is 0 Å². The summed E-state index contributed by atoms with van der Waals surface area (Å²) < 4.78 is 20.7. The zero-order valence-corrected chi connectivity index (χ0v) is 17.9. The number of ether oxygens (including phenoxy) is 1. The van der Waals surface area contributed by atoms with Crippen molar-refractivity contribution in [2.24, 2.45) is 0 Å². The predicted molar refractivity (Wildman–Crippen MR) is 117 cm³/mol. The highest BCUT2D eigenvalue weighted by atomic mass is 19.1. The first-order valence-electron chi connectivity index (χ1n) is 10.2. The minimum atomic E-state index is -0.799. The minimum Gasteiger partial charge on any atom is -0.459 e. The molecule has 1 aliphatic rings. The standard InChI is InChI=1S/C24H23FN4O3/c1-14(2)32-23(30)20-15(3)26-24(31)27-22(20)19-13-29(18-7-5-4-6-8-18)28-21(19)16-9-11-17(25)12-10-16/h4-14,22H,1-3H3,(H2,26,27,31)/t22-/m1/s1. The van der Waals surface area contributed by atoms with Gasteiger partial charge in [-0.1, -0.05) is 18.2 Å². The number of benzene rings is 2. The van der Waals surface area contributed by atoms with E-state index in [2.05, 4.69) is 10.6 Å². The molecular weight excluding hydrogens is 411 g/mol. The molecule has 0 spiro atoms. The Morgan fingerprint density at radius 1 is 1.12 bits per heavy atom. The highest BCUT2D eigenvalue weighted by molar-refractivity contribution is 5.95. The smallest absolute Gasteiger partial charge is 0.338 e. The molecular formula is C24H23FN4O3. The summed E-state index contributed by atoms with van der Waals surface area (Å²) in [5, 5.41) is 10.2. The number of esters is 1. The molecule has 2 N–H and O–H groups in total. The van der Waals surface area contributed by atoms with Crippen molar-refractivity contribution in [1.82, 2.24) is 20.4 Å².